The van der Waals surface area contributed by atoms with Gasteiger partial charge in [0.2, 0.25) is 12.7 Å². The van der Waals surface area contributed by atoms with E-state index in [0.717, 1.165) is 20.8 Å². The Morgan fingerprint density at radius 2 is 2.09 bits per heavy atom. The third-order valence-corrected chi connectivity index (χ3v) is 6.66. The molecule has 0 spiro atoms. The molecule has 1 aromatic carbocycles. The molecule has 0 aliphatic carbocycles. The molecule has 0 N–H and O–H groups in total. The van der Waals surface area contributed by atoms with Crippen molar-refractivity contribution >= 4 is 44.9 Å². The third kappa shape index (κ3) is 2.61. The lowest BCUT2D eigenvalue weighted by Gasteiger charge is -2.23. The molecule has 7 heteroatoms. The van der Waals surface area contributed by atoms with Crippen molar-refractivity contribution in [1.29, 1.82) is 0 Å². The van der Waals surface area contributed by atoms with E-state index in [2.05, 4.69) is 22.0 Å². The molecular formula is C15H12BrNO3S2. The Morgan fingerprint density at radius 1 is 1.23 bits per heavy atom. The monoisotopic (exact) mass is 397 g/mol. The van der Waals surface area contributed by atoms with Gasteiger partial charge in [0.15, 0.2) is 11.5 Å². The Bertz CT molecular complexity index is 733. The summed E-state index contributed by atoms with van der Waals surface area (Å²) in [4.78, 5) is 15.4. The van der Waals surface area contributed by atoms with Crippen molar-refractivity contribution < 1.29 is 14.3 Å². The van der Waals surface area contributed by atoms with Crippen molar-refractivity contribution in [3.8, 4) is 11.5 Å². The fraction of sp³-hybridized carbons (Fsp3) is 0.267. The van der Waals surface area contributed by atoms with E-state index in [1.807, 2.05) is 29.2 Å². The minimum absolute atomic E-state index is 0.0919. The van der Waals surface area contributed by atoms with Crippen LogP contribution in [0.3, 0.4) is 0 Å². The van der Waals surface area contributed by atoms with Gasteiger partial charge in [-0.05, 0) is 45.8 Å². The lowest BCUT2D eigenvalue weighted by atomic mass is 10.2. The molecule has 1 fully saturated rings. The molecular weight excluding hydrogens is 386 g/mol. The predicted octanol–water partition coefficient (Wildman–Crippen LogP) is 4.01. The number of hydrogen-bond acceptors (Lipinski definition) is 5. The number of halogens is 1. The van der Waals surface area contributed by atoms with Crippen LogP contribution in [0.4, 0.5) is 0 Å². The van der Waals surface area contributed by atoms with Crippen LogP contribution in [0.15, 0.2) is 34.1 Å². The summed E-state index contributed by atoms with van der Waals surface area (Å²) in [6.45, 7) is 0.853. The number of carbonyl (C=O) groups excluding carboxylic acids is 1. The summed E-state index contributed by atoms with van der Waals surface area (Å²) in [5.41, 5.74) is 1.06. The van der Waals surface area contributed by atoms with Crippen LogP contribution in [-0.4, -0.2) is 23.4 Å². The number of ether oxygens (including phenoxy) is 2. The maximum absolute atomic E-state index is 12.2. The van der Waals surface area contributed by atoms with Crippen LogP contribution in [0.5, 0.6) is 11.5 Å². The van der Waals surface area contributed by atoms with Crippen LogP contribution >= 0.6 is 39.0 Å². The maximum atomic E-state index is 12.2. The molecule has 0 bridgehead atoms. The summed E-state index contributed by atoms with van der Waals surface area (Å²) in [7, 11) is 0. The van der Waals surface area contributed by atoms with Gasteiger partial charge in [-0.25, -0.2) is 0 Å². The van der Waals surface area contributed by atoms with Crippen molar-refractivity contribution in [3.05, 3.63) is 44.6 Å². The van der Waals surface area contributed by atoms with E-state index < -0.39 is 0 Å². The topological polar surface area (TPSA) is 38.8 Å². The van der Waals surface area contributed by atoms with Crippen LogP contribution in [0.25, 0.3) is 0 Å². The quantitative estimate of drug-likeness (QED) is 0.783. The van der Waals surface area contributed by atoms with Crippen LogP contribution in [0.2, 0.25) is 0 Å². The van der Waals surface area contributed by atoms with E-state index in [-0.39, 0.29) is 18.1 Å². The molecule has 3 heterocycles. The number of rotatable bonds is 3. The minimum Gasteiger partial charge on any atom is -0.454 e. The molecule has 2 aliphatic rings. The van der Waals surface area contributed by atoms with Gasteiger partial charge in [0, 0.05) is 11.4 Å². The predicted molar refractivity (Wildman–Crippen MR) is 90.3 cm³/mol. The van der Waals surface area contributed by atoms with Gasteiger partial charge in [0.25, 0.3) is 0 Å². The summed E-state index contributed by atoms with van der Waals surface area (Å²) in [5, 5.41) is 0.0919. The van der Waals surface area contributed by atoms with E-state index in [1.165, 1.54) is 4.88 Å². The normalized spacial score (nSPS) is 20.0. The van der Waals surface area contributed by atoms with Gasteiger partial charge in [-0.15, -0.1) is 23.1 Å². The molecule has 1 atom stereocenters. The number of amides is 1. The average Bonchev–Trinajstić information content (AvgIpc) is 3.20. The van der Waals surface area contributed by atoms with Crippen LogP contribution in [0.1, 0.15) is 15.8 Å². The van der Waals surface area contributed by atoms with Gasteiger partial charge in [-0.2, -0.15) is 0 Å². The van der Waals surface area contributed by atoms with E-state index >= 15 is 0 Å². The van der Waals surface area contributed by atoms with Gasteiger partial charge in [-0.3, -0.25) is 4.79 Å². The van der Waals surface area contributed by atoms with Gasteiger partial charge < -0.3 is 14.4 Å². The van der Waals surface area contributed by atoms with Crippen LogP contribution < -0.4 is 9.47 Å². The van der Waals surface area contributed by atoms with Gasteiger partial charge in [0.1, 0.15) is 5.37 Å². The van der Waals surface area contributed by atoms with E-state index in [1.54, 1.807) is 23.1 Å². The highest BCUT2D eigenvalue weighted by Gasteiger charge is 2.33. The molecule has 0 saturated carbocycles. The number of thioether (sulfide) groups is 1. The first kappa shape index (κ1) is 14.4. The number of benzene rings is 1. The number of carbonyl (C=O) groups is 1. The first-order chi connectivity index (χ1) is 10.7. The minimum atomic E-state index is 0.0919. The molecule has 114 valence electrons. The third-order valence-electron chi connectivity index (χ3n) is 3.60. The molecule has 4 rings (SSSR count). The zero-order chi connectivity index (χ0) is 15.1. The second kappa shape index (κ2) is 5.79. The van der Waals surface area contributed by atoms with Crippen LogP contribution in [-0.2, 0) is 11.3 Å². The highest BCUT2D eigenvalue weighted by Crippen LogP contribution is 2.43. The Kier molecular flexibility index (Phi) is 3.79. The summed E-state index contributed by atoms with van der Waals surface area (Å²) < 4.78 is 11.8. The Labute approximate surface area is 144 Å². The van der Waals surface area contributed by atoms with Crippen molar-refractivity contribution in [2.24, 2.45) is 0 Å². The summed E-state index contributed by atoms with van der Waals surface area (Å²) in [6, 6.07) is 9.97. The smallest absolute Gasteiger partial charge is 0.234 e. The maximum Gasteiger partial charge on any atom is 0.234 e. The first-order valence-corrected chi connectivity index (χ1v) is 9.41. The van der Waals surface area contributed by atoms with Crippen molar-refractivity contribution in [2.75, 3.05) is 12.5 Å². The Balaban J connectivity index is 1.58. The molecule has 2 aromatic rings. The van der Waals surface area contributed by atoms with Gasteiger partial charge >= 0.3 is 0 Å². The Morgan fingerprint density at radius 3 is 2.91 bits per heavy atom. The highest BCUT2D eigenvalue weighted by atomic mass is 79.9. The first-order valence-electron chi connectivity index (χ1n) is 6.75. The van der Waals surface area contributed by atoms with Gasteiger partial charge in [0.05, 0.1) is 9.54 Å². The zero-order valence-corrected chi connectivity index (χ0v) is 14.7. The summed E-state index contributed by atoms with van der Waals surface area (Å²) in [6.07, 6.45) is 0. The van der Waals surface area contributed by atoms with Crippen molar-refractivity contribution in [3.63, 3.8) is 0 Å². The fourth-order valence-electron chi connectivity index (χ4n) is 2.56. The Hall–Kier alpha value is -1.18. The number of nitrogens with zero attached hydrogens (tertiary/aromatic N) is 1. The second-order valence-electron chi connectivity index (χ2n) is 5.01. The molecule has 1 saturated heterocycles. The second-order valence-corrected chi connectivity index (χ2v) is 8.58. The molecule has 4 nitrogen and oxygen atoms in total. The number of hydrogen-bond donors (Lipinski definition) is 0. The fourth-order valence-corrected chi connectivity index (χ4v) is 5.41. The van der Waals surface area contributed by atoms with E-state index in [9.17, 15) is 4.79 Å². The SMILES string of the molecule is O=C1CSC(c2ccc(Br)s2)N1Cc1ccc2c(c1)OCO2. The largest absolute Gasteiger partial charge is 0.454 e. The molecule has 2 aliphatic heterocycles. The molecule has 1 amide bonds. The van der Waals surface area contributed by atoms with E-state index in [0.29, 0.717) is 12.3 Å². The van der Waals surface area contributed by atoms with E-state index in [4.69, 9.17) is 9.47 Å². The van der Waals surface area contributed by atoms with Crippen molar-refractivity contribution in [2.45, 2.75) is 11.9 Å². The molecule has 1 unspecified atom stereocenters. The lowest BCUT2D eigenvalue weighted by Crippen LogP contribution is -2.27. The molecule has 1 aromatic heterocycles. The summed E-state index contributed by atoms with van der Waals surface area (Å²) >= 11 is 6.85. The average molecular weight is 398 g/mol. The van der Waals surface area contributed by atoms with Crippen molar-refractivity contribution in [1.82, 2.24) is 4.90 Å². The van der Waals surface area contributed by atoms with Gasteiger partial charge in [-0.1, -0.05) is 6.07 Å². The lowest BCUT2D eigenvalue weighted by molar-refractivity contribution is -0.128. The van der Waals surface area contributed by atoms with Crippen LogP contribution in [0, 0.1) is 0 Å². The number of thiophene rings is 1. The molecule has 0 radical (unpaired) electrons. The zero-order valence-electron chi connectivity index (χ0n) is 11.5. The highest BCUT2D eigenvalue weighted by molar-refractivity contribution is 9.11. The molecule has 22 heavy (non-hydrogen) atoms. The number of fused-ring (bicyclic) bond motifs is 1. The summed E-state index contributed by atoms with van der Waals surface area (Å²) in [5.74, 6) is 2.24. The standard InChI is InChI=1S/C15H12BrNO3S2/c16-13-4-3-12(22-13)15-17(14(18)7-21-15)6-9-1-2-10-11(5-9)20-8-19-10/h1-5,15H,6-8H2.